The number of rotatable bonds is 6. The number of carbonyl (C=O) groups is 2. The molecule has 174 valence electrons. The lowest BCUT2D eigenvalue weighted by atomic mass is 9.77. The maximum Gasteiger partial charge on any atom is 0.234 e. The minimum atomic E-state index is -0.652. The molecule has 4 rings (SSSR count). The Kier molecular flexibility index (Phi) is 6.89. The summed E-state index contributed by atoms with van der Waals surface area (Å²) in [7, 11) is 1.42. The van der Waals surface area contributed by atoms with E-state index >= 15 is 0 Å². The van der Waals surface area contributed by atoms with Crippen LogP contribution in [0.1, 0.15) is 30.7 Å². The van der Waals surface area contributed by atoms with Crippen LogP contribution < -0.4 is 15.4 Å². The summed E-state index contributed by atoms with van der Waals surface area (Å²) in [6.07, 6.45) is 1.71. The Bertz CT molecular complexity index is 1270. The summed E-state index contributed by atoms with van der Waals surface area (Å²) in [4.78, 5) is 25.4. The van der Waals surface area contributed by atoms with Crippen LogP contribution in [0.4, 0.5) is 10.1 Å². The summed E-state index contributed by atoms with van der Waals surface area (Å²) in [5, 5.41) is 26.3. The molecule has 0 fully saturated rings. The molecule has 2 aliphatic rings. The number of benzene rings is 2. The molecule has 0 saturated heterocycles. The Balaban J connectivity index is 1.66. The average Bonchev–Trinajstić information content (AvgIpc) is 2.84. The number of carbonyl (C=O) groups excluding carboxylic acids is 2. The highest BCUT2D eigenvalue weighted by atomic mass is 32.2. The maximum atomic E-state index is 13.9. The van der Waals surface area contributed by atoms with Crippen molar-refractivity contribution in [2.24, 2.45) is 0 Å². The summed E-state index contributed by atoms with van der Waals surface area (Å²) in [5.74, 6) is -1.54. The lowest BCUT2D eigenvalue weighted by molar-refractivity contribution is -0.116. The van der Waals surface area contributed by atoms with Crippen molar-refractivity contribution in [3.63, 3.8) is 0 Å². The average molecular weight is 480 g/mol. The third-order valence-corrected chi connectivity index (χ3v) is 6.71. The quantitative estimate of drug-likeness (QED) is 0.565. The number of amides is 1. The van der Waals surface area contributed by atoms with Crippen molar-refractivity contribution in [1.29, 1.82) is 5.26 Å². The van der Waals surface area contributed by atoms with Gasteiger partial charge in [0.25, 0.3) is 0 Å². The molecule has 0 saturated carbocycles. The topological polar surface area (TPSA) is 111 Å². The van der Waals surface area contributed by atoms with Crippen LogP contribution in [-0.2, 0) is 9.59 Å². The lowest BCUT2D eigenvalue weighted by Crippen LogP contribution is -2.31. The number of Topliss-reactive ketones (excluding diaryl/α,β-unsaturated/α-hetero) is 1. The van der Waals surface area contributed by atoms with Crippen LogP contribution in [0.2, 0.25) is 0 Å². The molecule has 0 radical (unpaired) electrons. The van der Waals surface area contributed by atoms with Crippen LogP contribution in [0.3, 0.4) is 0 Å². The van der Waals surface area contributed by atoms with E-state index in [1.54, 1.807) is 18.2 Å². The molecule has 34 heavy (non-hydrogen) atoms. The minimum Gasteiger partial charge on any atom is -0.504 e. The normalized spacial score (nSPS) is 17.6. The first kappa shape index (κ1) is 23.4. The standard InChI is InChI=1S/C25H22FN3O4S/c1-33-21-11-14(9-10-19(21)30)23-15(12-27)25(29-18-7-4-8-20(31)24(18)23)34-13-22(32)28-17-6-3-2-5-16(17)26/h2-3,5-6,9-11,23,29-30H,4,7-8,13H2,1H3,(H,28,32). The number of ether oxygens (including phenoxy) is 1. The van der Waals surface area contributed by atoms with Gasteiger partial charge in [0.15, 0.2) is 17.3 Å². The third-order valence-electron chi connectivity index (χ3n) is 5.70. The lowest BCUT2D eigenvalue weighted by Gasteiger charge is -2.33. The second-order valence-electron chi connectivity index (χ2n) is 7.83. The molecule has 9 heteroatoms. The molecular weight excluding hydrogens is 457 g/mol. The van der Waals surface area contributed by atoms with E-state index in [1.807, 2.05) is 0 Å². The number of nitrogens with zero attached hydrogens (tertiary/aromatic N) is 1. The van der Waals surface area contributed by atoms with Crippen molar-refractivity contribution < 1.29 is 23.8 Å². The molecule has 7 nitrogen and oxygen atoms in total. The van der Waals surface area contributed by atoms with Gasteiger partial charge < -0.3 is 20.5 Å². The highest BCUT2D eigenvalue weighted by molar-refractivity contribution is 8.03. The molecule has 0 aromatic heterocycles. The summed E-state index contributed by atoms with van der Waals surface area (Å²) in [6.45, 7) is 0. The molecular formula is C25H22FN3O4S. The van der Waals surface area contributed by atoms with Gasteiger partial charge in [-0.25, -0.2) is 4.39 Å². The number of thioether (sulfide) groups is 1. The van der Waals surface area contributed by atoms with Gasteiger partial charge in [-0.1, -0.05) is 30.0 Å². The number of phenolic OH excluding ortho intramolecular Hbond substituents is 1. The van der Waals surface area contributed by atoms with E-state index in [4.69, 9.17) is 4.74 Å². The summed E-state index contributed by atoms with van der Waals surface area (Å²) in [5.41, 5.74) is 2.26. The number of anilines is 1. The van der Waals surface area contributed by atoms with Crippen molar-refractivity contribution in [1.82, 2.24) is 5.32 Å². The molecule has 0 spiro atoms. The Morgan fingerprint density at radius 3 is 2.85 bits per heavy atom. The number of ketones is 1. The van der Waals surface area contributed by atoms with Gasteiger partial charge in [0.1, 0.15) is 5.82 Å². The van der Waals surface area contributed by atoms with Gasteiger partial charge in [-0.2, -0.15) is 5.26 Å². The van der Waals surface area contributed by atoms with Gasteiger partial charge in [0, 0.05) is 17.7 Å². The number of nitriles is 1. The minimum absolute atomic E-state index is 0.0418. The van der Waals surface area contributed by atoms with Gasteiger partial charge in [0.2, 0.25) is 5.91 Å². The van der Waals surface area contributed by atoms with Crippen LogP contribution in [-0.4, -0.2) is 29.7 Å². The monoisotopic (exact) mass is 479 g/mol. The largest absolute Gasteiger partial charge is 0.504 e. The molecule has 0 bridgehead atoms. The number of halogens is 1. The Labute approximate surface area is 200 Å². The van der Waals surface area contributed by atoms with Crippen LogP contribution in [0.15, 0.2) is 64.3 Å². The zero-order chi connectivity index (χ0) is 24.2. The number of hydrogen-bond donors (Lipinski definition) is 3. The van der Waals surface area contributed by atoms with Gasteiger partial charge in [0.05, 0.1) is 41.1 Å². The van der Waals surface area contributed by atoms with Crippen LogP contribution in [0, 0.1) is 17.1 Å². The highest BCUT2D eigenvalue weighted by Crippen LogP contribution is 2.45. The SMILES string of the molecule is COc1cc(C2C(C#N)=C(SCC(=O)Nc3ccccc3F)NC3=C2C(=O)CCC3)ccc1O. The van der Waals surface area contributed by atoms with Crippen LogP contribution in [0.25, 0.3) is 0 Å². The fourth-order valence-corrected chi connectivity index (χ4v) is 4.99. The smallest absolute Gasteiger partial charge is 0.234 e. The van der Waals surface area contributed by atoms with Gasteiger partial charge >= 0.3 is 0 Å². The van der Waals surface area contributed by atoms with Crippen LogP contribution >= 0.6 is 11.8 Å². The number of allylic oxidation sites excluding steroid dienone is 3. The first-order valence-corrected chi connectivity index (χ1v) is 11.6. The van der Waals surface area contributed by atoms with Crippen molar-refractivity contribution in [3.05, 3.63) is 75.7 Å². The molecule has 1 aliphatic carbocycles. The van der Waals surface area contributed by atoms with E-state index < -0.39 is 17.6 Å². The number of dihydropyridines is 1. The number of phenols is 1. The van der Waals surface area contributed by atoms with E-state index in [-0.39, 0.29) is 28.7 Å². The van der Waals surface area contributed by atoms with E-state index in [0.29, 0.717) is 41.0 Å². The van der Waals surface area contributed by atoms with Gasteiger partial charge in [-0.3, -0.25) is 9.59 Å². The van der Waals surface area contributed by atoms with Crippen molar-refractivity contribution in [3.8, 4) is 17.6 Å². The van der Waals surface area contributed by atoms with E-state index in [9.17, 15) is 24.3 Å². The zero-order valence-electron chi connectivity index (χ0n) is 18.4. The predicted octanol–water partition coefficient (Wildman–Crippen LogP) is 4.34. The zero-order valence-corrected chi connectivity index (χ0v) is 19.2. The second kappa shape index (κ2) is 10.0. The van der Waals surface area contributed by atoms with E-state index in [2.05, 4.69) is 16.7 Å². The number of para-hydroxylation sites is 1. The summed E-state index contributed by atoms with van der Waals surface area (Å²) in [6, 6.07) is 12.8. The number of nitrogens with one attached hydrogen (secondary N) is 2. The van der Waals surface area contributed by atoms with Crippen molar-refractivity contribution in [2.45, 2.75) is 25.2 Å². The predicted molar refractivity (Wildman–Crippen MR) is 127 cm³/mol. The van der Waals surface area contributed by atoms with E-state index in [0.717, 1.165) is 17.5 Å². The summed E-state index contributed by atoms with van der Waals surface area (Å²) >= 11 is 1.12. The molecule has 1 unspecified atom stereocenters. The first-order valence-electron chi connectivity index (χ1n) is 10.6. The van der Waals surface area contributed by atoms with Crippen molar-refractivity contribution >= 4 is 29.1 Å². The number of methoxy groups -OCH3 is 1. The third kappa shape index (κ3) is 4.63. The molecule has 2 aromatic carbocycles. The Hall–Kier alpha value is -3.77. The molecule has 1 atom stereocenters. The fourth-order valence-electron chi connectivity index (χ4n) is 4.13. The Morgan fingerprint density at radius 2 is 2.12 bits per heavy atom. The second-order valence-corrected chi connectivity index (χ2v) is 8.82. The van der Waals surface area contributed by atoms with Gasteiger partial charge in [-0.15, -0.1) is 0 Å². The Morgan fingerprint density at radius 1 is 1.32 bits per heavy atom. The molecule has 2 aromatic rings. The molecule has 1 heterocycles. The fraction of sp³-hybridized carbons (Fsp3) is 0.240. The highest BCUT2D eigenvalue weighted by Gasteiger charge is 2.37. The summed E-state index contributed by atoms with van der Waals surface area (Å²) < 4.78 is 19.1. The van der Waals surface area contributed by atoms with Gasteiger partial charge in [-0.05, 0) is 42.7 Å². The molecule has 1 aliphatic heterocycles. The molecule has 3 N–H and O–H groups in total. The first-order chi connectivity index (χ1) is 16.4. The van der Waals surface area contributed by atoms with Crippen LogP contribution in [0.5, 0.6) is 11.5 Å². The number of hydrogen-bond acceptors (Lipinski definition) is 7. The maximum absolute atomic E-state index is 13.9. The van der Waals surface area contributed by atoms with E-state index in [1.165, 1.54) is 31.4 Å². The number of aromatic hydroxyl groups is 1. The van der Waals surface area contributed by atoms with Crippen molar-refractivity contribution in [2.75, 3.05) is 18.2 Å². The molecule has 1 amide bonds.